The molecule has 0 unspecified atom stereocenters. The predicted octanol–water partition coefficient (Wildman–Crippen LogP) is -2.58. The van der Waals surface area contributed by atoms with Crippen LogP contribution in [0.25, 0.3) is 0 Å². The third kappa shape index (κ3) is 5.20. The second-order valence-corrected chi connectivity index (χ2v) is 5.73. The number of halogens is 1. The zero-order valence-electron chi connectivity index (χ0n) is 13.1. The fourth-order valence-corrected chi connectivity index (χ4v) is 2.50. The molecule has 2 atom stereocenters. The molecule has 1 fully saturated rings. The summed E-state index contributed by atoms with van der Waals surface area (Å²) in [5.41, 5.74) is 1.20. The number of hydrogen-bond donors (Lipinski definition) is 0. The first-order valence-corrected chi connectivity index (χ1v) is 8.02. The minimum absolute atomic E-state index is 0.166. The minimum Gasteiger partial charge on any atom is -0.339 e. The zero-order chi connectivity index (χ0) is 16.9. The standard InChI is InChI=1S/C14H21N2O.ClHO4/c1-5-17-14-11(2)13(15(3)4)16(14)12-9-7-6-8-10-12;2-1(3,4)5/h6-11,14H,5H2,1-4H3;(H,2,3,4,5)/q+1;/p-1/t11-,14+;/m0./s1. The first-order chi connectivity index (χ1) is 10.2. The lowest BCUT2D eigenvalue weighted by Gasteiger charge is -2.41. The molecule has 0 amide bonds. The van der Waals surface area contributed by atoms with Crippen molar-refractivity contribution < 1.29 is 38.2 Å². The fraction of sp³-hybridized carbons (Fsp3) is 0.500. The summed E-state index contributed by atoms with van der Waals surface area (Å²) in [6.45, 7) is 5.01. The van der Waals surface area contributed by atoms with E-state index in [1.807, 2.05) is 13.0 Å². The topological polar surface area (TPSA) is 108 Å². The summed E-state index contributed by atoms with van der Waals surface area (Å²) >= 11 is 0. The molecular weight excluding hydrogens is 312 g/mol. The Bertz CT molecular complexity index is 494. The van der Waals surface area contributed by atoms with Gasteiger partial charge in [0.05, 0.1) is 14.1 Å². The van der Waals surface area contributed by atoms with E-state index in [9.17, 15) is 0 Å². The summed E-state index contributed by atoms with van der Waals surface area (Å²) in [5.74, 6) is 1.76. The van der Waals surface area contributed by atoms with Gasteiger partial charge in [-0.15, -0.1) is 10.2 Å². The Labute approximate surface area is 132 Å². The summed E-state index contributed by atoms with van der Waals surface area (Å²) < 4.78 is 42.0. The van der Waals surface area contributed by atoms with Crippen molar-refractivity contribution in [3.05, 3.63) is 30.3 Å². The van der Waals surface area contributed by atoms with E-state index in [4.69, 9.17) is 23.4 Å². The maximum atomic E-state index is 8.49. The van der Waals surface area contributed by atoms with Crippen LogP contribution in [0.2, 0.25) is 0 Å². The molecule has 1 heterocycles. The normalized spacial score (nSPS) is 20.9. The molecular formula is C14H21ClN2O5. The van der Waals surface area contributed by atoms with Crippen molar-refractivity contribution in [3.63, 3.8) is 0 Å². The van der Waals surface area contributed by atoms with Gasteiger partial charge in [0.25, 0.3) is 5.84 Å². The Hall–Kier alpha value is -1.22. The van der Waals surface area contributed by atoms with Crippen LogP contribution in [0.15, 0.2) is 30.3 Å². The third-order valence-electron chi connectivity index (χ3n) is 3.17. The Balaban J connectivity index is 0.000000422. The van der Waals surface area contributed by atoms with E-state index in [1.54, 1.807) is 0 Å². The van der Waals surface area contributed by atoms with Gasteiger partial charge in [0.15, 0.2) is 0 Å². The second-order valence-electron chi connectivity index (χ2n) is 4.97. The van der Waals surface area contributed by atoms with E-state index < -0.39 is 10.2 Å². The SMILES string of the molecule is CCO[C@@H]1[C@@H](C)C(=[N+](C)C)N1c1ccccc1.[O-][Cl+3]([O-])([O-])[O-]. The van der Waals surface area contributed by atoms with Gasteiger partial charge in [0.1, 0.15) is 11.6 Å². The number of nitrogens with zero attached hydrogens (tertiary/aromatic N) is 2. The first kappa shape index (κ1) is 18.8. The molecule has 0 spiro atoms. The molecule has 1 saturated heterocycles. The Morgan fingerprint density at radius 2 is 1.64 bits per heavy atom. The van der Waals surface area contributed by atoms with Gasteiger partial charge in [-0.05, 0) is 26.0 Å². The van der Waals surface area contributed by atoms with Gasteiger partial charge < -0.3 is 4.74 Å². The van der Waals surface area contributed by atoms with Crippen molar-refractivity contribution in [1.29, 1.82) is 0 Å². The van der Waals surface area contributed by atoms with Crippen molar-refractivity contribution in [2.75, 3.05) is 25.6 Å². The smallest absolute Gasteiger partial charge is 0.263 e. The maximum Gasteiger partial charge on any atom is 0.263 e. The fourth-order valence-electron chi connectivity index (χ4n) is 2.50. The molecule has 7 nitrogen and oxygen atoms in total. The molecule has 0 aliphatic carbocycles. The lowest BCUT2D eigenvalue weighted by atomic mass is 9.95. The number of hydrogen-bond acceptors (Lipinski definition) is 5. The highest BCUT2D eigenvalue weighted by molar-refractivity contribution is 6.02. The van der Waals surface area contributed by atoms with Gasteiger partial charge >= 0.3 is 0 Å². The lowest BCUT2D eigenvalue weighted by Crippen LogP contribution is -2.68. The molecule has 0 aromatic heterocycles. The molecule has 0 bridgehead atoms. The molecule has 8 heteroatoms. The molecule has 22 heavy (non-hydrogen) atoms. The second kappa shape index (κ2) is 7.87. The van der Waals surface area contributed by atoms with Crippen LogP contribution in [0.3, 0.4) is 0 Å². The van der Waals surface area contributed by atoms with E-state index in [2.05, 4.69) is 54.8 Å². The van der Waals surface area contributed by atoms with E-state index in [0.29, 0.717) is 5.92 Å². The summed E-state index contributed by atoms with van der Waals surface area (Å²) in [4.78, 5) is 2.27. The van der Waals surface area contributed by atoms with Crippen LogP contribution in [-0.2, 0) is 4.74 Å². The number of amidine groups is 1. The Morgan fingerprint density at radius 3 is 2.05 bits per heavy atom. The van der Waals surface area contributed by atoms with Crippen LogP contribution in [0, 0.1) is 16.2 Å². The zero-order valence-corrected chi connectivity index (χ0v) is 13.8. The van der Waals surface area contributed by atoms with Gasteiger partial charge in [-0.25, -0.2) is 23.5 Å². The summed E-state index contributed by atoms with van der Waals surface area (Å²) in [6.07, 6.45) is 0.166. The number of anilines is 1. The molecule has 1 aromatic carbocycles. The van der Waals surface area contributed by atoms with Crippen LogP contribution in [0.5, 0.6) is 0 Å². The van der Waals surface area contributed by atoms with E-state index in [0.717, 1.165) is 6.61 Å². The molecule has 2 rings (SSSR count). The molecule has 0 radical (unpaired) electrons. The molecule has 1 aliphatic heterocycles. The van der Waals surface area contributed by atoms with Gasteiger partial charge in [0.2, 0.25) is 6.23 Å². The van der Waals surface area contributed by atoms with Crippen LogP contribution >= 0.6 is 0 Å². The summed E-state index contributed by atoms with van der Waals surface area (Å²) in [7, 11) is -0.770. The highest BCUT2D eigenvalue weighted by Crippen LogP contribution is 2.33. The maximum absolute atomic E-state index is 8.49. The molecule has 1 aliphatic rings. The lowest BCUT2D eigenvalue weighted by molar-refractivity contribution is -2.00. The van der Waals surface area contributed by atoms with Crippen LogP contribution in [0.1, 0.15) is 13.8 Å². The minimum atomic E-state index is -4.94. The average Bonchev–Trinajstić information content (AvgIpc) is 2.40. The summed E-state index contributed by atoms with van der Waals surface area (Å²) in [6, 6.07) is 10.4. The van der Waals surface area contributed by atoms with Crippen molar-refractivity contribution >= 4 is 11.5 Å². The molecule has 0 N–H and O–H groups in total. The van der Waals surface area contributed by atoms with Crippen LogP contribution in [0.4, 0.5) is 5.69 Å². The number of para-hydroxylation sites is 1. The summed E-state index contributed by atoms with van der Waals surface area (Å²) in [5, 5.41) is 0. The van der Waals surface area contributed by atoms with E-state index in [-0.39, 0.29) is 6.23 Å². The third-order valence-corrected chi connectivity index (χ3v) is 3.17. The highest BCUT2D eigenvalue weighted by Gasteiger charge is 2.52. The van der Waals surface area contributed by atoms with Crippen molar-refractivity contribution in [2.24, 2.45) is 5.92 Å². The van der Waals surface area contributed by atoms with Gasteiger partial charge in [-0.3, -0.25) is 4.58 Å². The van der Waals surface area contributed by atoms with Crippen molar-refractivity contribution in [1.82, 2.24) is 0 Å². The highest BCUT2D eigenvalue weighted by atomic mass is 35.7. The van der Waals surface area contributed by atoms with Crippen LogP contribution < -0.4 is 23.5 Å². The first-order valence-electron chi connectivity index (χ1n) is 6.78. The van der Waals surface area contributed by atoms with Gasteiger partial charge in [-0.2, -0.15) is 0 Å². The Kier molecular flexibility index (Phi) is 6.73. The number of rotatable bonds is 3. The van der Waals surface area contributed by atoms with Crippen LogP contribution in [-0.4, -0.2) is 37.3 Å². The largest absolute Gasteiger partial charge is 0.339 e. The van der Waals surface area contributed by atoms with E-state index in [1.165, 1.54) is 11.5 Å². The van der Waals surface area contributed by atoms with Crippen molar-refractivity contribution in [3.8, 4) is 0 Å². The van der Waals surface area contributed by atoms with E-state index >= 15 is 0 Å². The van der Waals surface area contributed by atoms with Gasteiger partial charge in [0, 0.05) is 6.61 Å². The number of ether oxygens (including phenoxy) is 1. The molecule has 0 saturated carbocycles. The predicted molar refractivity (Wildman–Crippen MR) is 70.6 cm³/mol. The molecule has 124 valence electrons. The quantitative estimate of drug-likeness (QED) is 0.563. The van der Waals surface area contributed by atoms with Gasteiger partial charge in [-0.1, -0.05) is 18.2 Å². The van der Waals surface area contributed by atoms with Crippen molar-refractivity contribution in [2.45, 2.75) is 20.1 Å². The number of benzene rings is 1. The Morgan fingerprint density at radius 1 is 1.14 bits per heavy atom. The molecule has 1 aromatic rings. The monoisotopic (exact) mass is 332 g/mol. The average molecular weight is 333 g/mol.